The van der Waals surface area contributed by atoms with Crippen molar-refractivity contribution in [3.05, 3.63) is 80.6 Å². The Morgan fingerprint density at radius 2 is 1.81 bits per heavy atom. The number of nitro benzene ring substituents is 1. The molecule has 0 saturated carbocycles. The van der Waals surface area contributed by atoms with Crippen LogP contribution in [-0.2, 0) is 16.6 Å². The number of non-ortho nitro benzene ring substituents is 1. The van der Waals surface area contributed by atoms with Gasteiger partial charge in [-0.3, -0.25) is 19.5 Å². The van der Waals surface area contributed by atoms with E-state index in [9.17, 15) is 18.5 Å². The van der Waals surface area contributed by atoms with E-state index in [1.165, 1.54) is 29.2 Å². The lowest BCUT2D eigenvalue weighted by Crippen LogP contribution is -2.12. The molecule has 0 radical (unpaired) electrons. The van der Waals surface area contributed by atoms with Crippen molar-refractivity contribution in [2.75, 3.05) is 4.72 Å². The van der Waals surface area contributed by atoms with E-state index < -0.39 is 14.9 Å². The summed E-state index contributed by atoms with van der Waals surface area (Å²) in [5.74, 6) is 0. The van der Waals surface area contributed by atoms with E-state index in [0.717, 1.165) is 17.7 Å². The highest BCUT2D eigenvalue weighted by atomic mass is 35.5. The molecular formula is C16H12Cl2N4O4S. The Labute approximate surface area is 164 Å². The quantitative estimate of drug-likeness (QED) is 0.474. The summed E-state index contributed by atoms with van der Waals surface area (Å²) in [7, 11) is -3.89. The summed E-state index contributed by atoms with van der Waals surface area (Å²) in [5, 5.41) is 15.6. The van der Waals surface area contributed by atoms with Crippen LogP contribution in [-0.4, -0.2) is 23.1 Å². The van der Waals surface area contributed by atoms with Crippen molar-refractivity contribution in [2.24, 2.45) is 0 Å². The molecule has 1 aromatic heterocycles. The van der Waals surface area contributed by atoms with E-state index in [1.54, 1.807) is 18.2 Å². The third-order valence-electron chi connectivity index (χ3n) is 3.57. The molecule has 0 fully saturated rings. The second-order valence-electron chi connectivity index (χ2n) is 5.53. The monoisotopic (exact) mass is 426 g/mol. The Balaban J connectivity index is 1.74. The van der Waals surface area contributed by atoms with Gasteiger partial charge in [0.25, 0.3) is 15.7 Å². The highest BCUT2D eigenvalue weighted by Crippen LogP contribution is 2.23. The van der Waals surface area contributed by atoms with E-state index in [1.807, 2.05) is 0 Å². The molecule has 0 spiro atoms. The SMILES string of the molecule is O=[N+]([O-])c1ccc(S(=O)(=O)Nc2cnn(Cc3ccc(Cl)c(Cl)c3)c2)cc1. The van der Waals surface area contributed by atoms with Crippen LogP contribution in [0.1, 0.15) is 5.56 Å². The molecule has 11 heteroatoms. The second kappa shape index (κ2) is 7.55. The van der Waals surface area contributed by atoms with Crippen LogP contribution < -0.4 is 4.72 Å². The zero-order valence-electron chi connectivity index (χ0n) is 13.5. The average Bonchev–Trinajstić information content (AvgIpc) is 3.04. The van der Waals surface area contributed by atoms with E-state index >= 15 is 0 Å². The minimum absolute atomic E-state index is 0.0923. The van der Waals surface area contributed by atoms with Crippen molar-refractivity contribution in [1.82, 2.24) is 9.78 Å². The van der Waals surface area contributed by atoms with Crippen molar-refractivity contribution in [3.63, 3.8) is 0 Å². The van der Waals surface area contributed by atoms with Gasteiger partial charge in [0.05, 0.1) is 38.3 Å². The highest BCUT2D eigenvalue weighted by molar-refractivity contribution is 7.92. The molecule has 2 aromatic carbocycles. The molecule has 0 aliphatic rings. The molecule has 27 heavy (non-hydrogen) atoms. The molecule has 3 rings (SSSR count). The molecule has 0 bridgehead atoms. The molecule has 1 heterocycles. The first-order valence-corrected chi connectivity index (χ1v) is 9.72. The molecule has 0 unspecified atom stereocenters. The fourth-order valence-corrected chi connectivity index (χ4v) is 3.64. The zero-order chi connectivity index (χ0) is 19.6. The standard InChI is InChI=1S/C16H12Cl2N4O4S/c17-15-6-1-11(7-16(15)18)9-21-10-12(8-19-21)20-27(25,26)14-4-2-13(3-5-14)22(23)24/h1-8,10,20H,9H2. The normalized spacial score (nSPS) is 11.3. The van der Waals surface area contributed by atoms with Crippen LogP contribution in [0.25, 0.3) is 0 Å². The lowest BCUT2D eigenvalue weighted by molar-refractivity contribution is -0.384. The van der Waals surface area contributed by atoms with Crippen LogP contribution in [0.5, 0.6) is 0 Å². The lowest BCUT2D eigenvalue weighted by atomic mass is 10.2. The van der Waals surface area contributed by atoms with Crippen LogP contribution in [0, 0.1) is 10.1 Å². The van der Waals surface area contributed by atoms with Crippen LogP contribution in [0.4, 0.5) is 11.4 Å². The molecule has 1 N–H and O–H groups in total. The first kappa shape index (κ1) is 19.2. The van der Waals surface area contributed by atoms with Gasteiger partial charge in [0.15, 0.2) is 0 Å². The number of nitro groups is 1. The second-order valence-corrected chi connectivity index (χ2v) is 8.03. The topological polar surface area (TPSA) is 107 Å². The van der Waals surface area contributed by atoms with Crippen LogP contribution in [0.2, 0.25) is 10.0 Å². The number of sulfonamides is 1. The molecule has 3 aromatic rings. The predicted octanol–water partition coefficient (Wildman–Crippen LogP) is 3.95. The zero-order valence-corrected chi connectivity index (χ0v) is 15.9. The molecule has 0 aliphatic heterocycles. The Morgan fingerprint density at radius 1 is 1.11 bits per heavy atom. The minimum atomic E-state index is -3.89. The van der Waals surface area contributed by atoms with E-state index in [2.05, 4.69) is 9.82 Å². The van der Waals surface area contributed by atoms with Crippen LogP contribution in [0.15, 0.2) is 59.8 Å². The van der Waals surface area contributed by atoms with Gasteiger partial charge in [-0.2, -0.15) is 5.10 Å². The maximum atomic E-state index is 12.4. The van der Waals surface area contributed by atoms with Gasteiger partial charge in [0.2, 0.25) is 0 Å². The third kappa shape index (κ3) is 4.57. The minimum Gasteiger partial charge on any atom is -0.276 e. The number of nitrogens with zero attached hydrogens (tertiary/aromatic N) is 3. The van der Waals surface area contributed by atoms with Gasteiger partial charge in [-0.1, -0.05) is 29.3 Å². The summed E-state index contributed by atoms with van der Waals surface area (Å²) in [6, 6.07) is 9.75. The summed E-state index contributed by atoms with van der Waals surface area (Å²) in [6.45, 7) is 0.371. The molecule has 0 aliphatic carbocycles. The molecular weight excluding hydrogens is 415 g/mol. The summed E-state index contributed by atoms with van der Waals surface area (Å²) in [5.41, 5.74) is 0.911. The number of halogens is 2. The molecule has 0 atom stereocenters. The van der Waals surface area contributed by atoms with Crippen LogP contribution in [0.3, 0.4) is 0 Å². The first-order valence-electron chi connectivity index (χ1n) is 7.48. The average molecular weight is 427 g/mol. The van der Waals surface area contributed by atoms with Gasteiger partial charge in [-0.15, -0.1) is 0 Å². The summed E-state index contributed by atoms with van der Waals surface area (Å²) < 4.78 is 28.7. The Hall–Kier alpha value is -2.62. The van der Waals surface area contributed by atoms with Gasteiger partial charge < -0.3 is 0 Å². The number of hydrogen-bond acceptors (Lipinski definition) is 5. The maximum Gasteiger partial charge on any atom is 0.269 e. The van der Waals surface area contributed by atoms with Crippen molar-refractivity contribution in [2.45, 2.75) is 11.4 Å². The number of aromatic nitrogens is 2. The smallest absolute Gasteiger partial charge is 0.269 e. The Bertz CT molecular complexity index is 1100. The van der Waals surface area contributed by atoms with E-state index in [0.29, 0.717) is 16.6 Å². The number of hydrogen-bond donors (Lipinski definition) is 1. The maximum absolute atomic E-state index is 12.4. The number of benzene rings is 2. The van der Waals surface area contributed by atoms with Gasteiger partial charge in [-0.05, 0) is 29.8 Å². The first-order chi connectivity index (χ1) is 12.7. The fraction of sp³-hybridized carbons (Fsp3) is 0.0625. The lowest BCUT2D eigenvalue weighted by Gasteiger charge is -2.06. The van der Waals surface area contributed by atoms with Crippen molar-refractivity contribution >= 4 is 44.6 Å². The Morgan fingerprint density at radius 3 is 2.44 bits per heavy atom. The molecule has 8 nitrogen and oxygen atoms in total. The van der Waals surface area contributed by atoms with E-state index in [4.69, 9.17) is 23.2 Å². The number of anilines is 1. The summed E-state index contributed by atoms with van der Waals surface area (Å²) in [4.78, 5) is 9.97. The van der Waals surface area contributed by atoms with Gasteiger partial charge in [0.1, 0.15) is 0 Å². The van der Waals surface area contributed by atoms with Gasteiger partial charge in [0, 0.05) is 18.3 Å². The van der Waals surface area contributed by atoms with Crippen molar-refractivity contribution < 1.29 is 13.3 Å². The number of rotatable bonds is 6. The van der Waals surface area contributed by atoms with E-state index in [-0.39, 0.29) is 16.3 Å². The predicted molar refractivity (Wildman–Crippen MR) is 102 cm³/mol. The summed E-state index contributed by atoms with van der Waals surface area (Å²) in [6.07, 6.45) is 2.88. The van der Waals surface area contributed by atoms with Crippen molar-refractivity contribution in [1.29, 1.82) is 0 Å². The summed E-state index contributed by atoms with van der Waals surface area (Å²) >= 11 is 11.9. The third-order valence-corrected chi connectivity index (χ3v) is 5.71. The molecule has 140 valence electrons. The largest absolute Gasteiger partial charge is 0.276 e. The number of nitrogens with one attached hydrogen (secondary N) is 1. The van der Waals surface area contributed by atoms with Gasteiger partial charge in [-0.25, -0.2) is 8.42 Å². The van der Waals surface area contributed by atoms with Gasteiger partial charge >= 0.3 is 0 Å². The fourth-order valence-electron chi connectivity index (χ4n) is 2.29. The molecule has 0 saturated heterocycles. The highest BCUT2D eigenvalue weighted by Gasteiger charge is 2.17. The molecule has 0 amide bonds. The van der Waals surface area contributed by atoms with Crippen LogP contribution >= 0.6 is 23.2 Å². The van der Waals surface area contributed by atoms with Crippen molar-refractivity contribution in [3.8, 4) is 0 Å². The Kier molecular flexibility index (Phi) is 5.36.